The quantitative estimate of drug-likeness (QED) is 0.655. The van der Waals surface area contributed by atoms with Gasteiger partial charge in [0, 0.05) is 21.5 Å². The maximum Gasteiger partial charge on any atom is 0.347 e. The molecule has 1 unspecified atom stereocenters. The third-order valence-corrected chi connectivity index (χ3v) is 4.94. The Morgan fingerprint density at radius 3 is 2.83 bits per heavy atom. The molecule has 3 rings (SSSR count). The first-order valence-corrected chi connectivity index (χ1v) is 8.34. The summed E-state index contributed by atoms with van der Waals surface area (Å²) in [6.45, 7) is 3.46. The zero-order valence-electron chi connectivity index (χ0n) is 12.9. The second-order valence-electron chi connectivity index (χ2n) is 5.39. The van der Waals surface area contributed by atoms with Crippen molar-refractivity contribution in [3.05, 3.63) is 55.8 Å². The van der Waals surface area contributed by atoms with Gasteiger partial charge in [-0.2, -0.15) is 0 Å². The van der Waals surface area contributed by atoms with Crippen LogP contribution in [-0.2, 0) is 0 Å². The summed E-state index contributed by atoms with van der Waals surface area (Å²) in [5, 5.41) is 14.1. The molecule has 0 bridgehead atoms. The van der Waals surface area contributed by atoms with Crippen LogP contribution in [0.2, 0.25) is 5.02 Å². The summed E-state index contributed by atoms with van der Waals surface area (Å²) in [7, 11) is 0. The number of aromatic nitrogens is 2. The molecule has 3 N–H and O–H groups in total. The zero-order valence-corrected chi connectivity index (χ0v) is 14.5. The number of hydrogen-bond donors (Lipinski definition) is 3. The lowest BCUT2D eigenvalue weighted by Crippen LogP contribution is -2.19. The van der Waals surface area contributed by atoms with Crippen LogP contribution >= 0.6 is 22.9 Å². The van der Waals surface area contributed by atoms with Crippen molar-refractivity contribution in [2.24, 2.45) is 0 Å². The molecular weight excluding hydrogens is 350 g/mol. The van der Waals surface area contributed by atoms with Gasteiger partial charge in [0.15, 0.2) is 5.13 Å². The highest BCUT2D eigenvalue weighted by molar-refractivity contribution is 7.17. The topological polar surface area (TPSA) is 95.1 Å². The number of benzene rings is 1. The average Bonchev–Trinajstić information content (AvgIpc) is 2.87. The molecule has 2 heterocycles. The smallest absolute Gasteiger partial charge is 0.347 e. The van der Waals surface area contributed by atoms with Gasteiger partial charge in [0.25, 0.3) is 5.56 Å². The number of carboxylic acid groups (broad SMARTS) is 1. The summed E-state index contributed by atoms with van der Waals surface area (Å²) in [5.41, 5.74) is 1.46. The number of nitrogens with one attached hydrogen (secondary N) is 2. The number of carbonyl (C=O) groups is 1. The lowest BCUT2D eigenvalue weighted by atomic mass is 10.1. The number of nitrogens with zero attached hydrogens (tertiary/aromatic N) is 1. The lowest BCUT2D eigenvalue weighted by Gasteiger charge is -2.13. The van der Waals surface area contributed by atoms with Gasteiger partial charge in [-0.15, -0.1) is 0 Å². The molecule has 124 valence electrons. The summed E-state index contributed by atoms with van der Waals surface area (Å²) in [5.74, 6) is -1.01. The van der Waals surface area contributed by atoms with Crippen molar-refractivity contribution < 1.29 is 9.90 Å². The second-order valence-corrected chi connectivity index (χ2v) is 6.83. The summed E-state index contributed by atoms with van der Waals surface area (Å²) >= 11 is 7.05. The zero-order chi connectivity index (χ0) is 17.4. The molecule has 1 atom stereocenters. The van der Waals surface area contributed by atoms with E-state index in [1.54, 1.807) is 31.2 Å². The van der Waals surface area contributed by atoms with Gasteiger partial charge in [-0.05, 0) is 38.1 Å². The van der Waals surface area contributed by atoms with E-state index in [4.69, 9.17) is 16.7 Å². The number of aryl methyl sites for hydroxylation is 1. The van der Waals surface area contributed by atoms with Crippen molar-refractivity contribution in [3.8, 4) is 0 Å². The van der Waals surface area contributed by atoms with Gasteiger partial charge >= 0.3 is 5.97 Å². The molecule has 0 amide bonds. The molecule has 8 heteroatoms. The van der Waals surface area contributed by atoms with Crippen molar-refractivity contribution >= 4 is 44.9 Å². The predicted octanol–water partition coefficient (Wildman–Crippen LogP) is 3.82. The highest BCUT2D eigenvalue weighted by Gasteiger charge is 2.17. The van der Waals surface area contributed by atoms with Gasteiger partial charge in [0.1, 0.15) is 4.88 Å². The maximum atomic E-state index is 12.3. The number of aromatic amines is 1. The van der Waals surface area contributed by atoms with Gasteiger partial charge in [-0.3, -0.25) is 4.79 Å². The number of pyridine rings is 1. The van der Waals surface area contributed by atoms with E-state index in [9.17, 15) is 9.59 Å². The number of rotatable bonds is 4. The Balaban J connectivity index is 1.95. The van der Waals surface area contributed by atoms with Gasteiger partial charge in [0.2, 0.25) is 0 Å². The molecule has 1 aromatic carbocycles. The van der Waals surface area contributed by atoms with Gasteiger partial charge < -0.3 is 15.4 Å². The van der Waals surface area contributed by atoms with Crippen LogP contribution in [-0.4, -0.2) is 21.0 Å². The number of halogens is 1. The molecule has 0 spiro atoms. The molecular formula is C16H14ClN3O3S. The summed E-state index contributed by atoms with van der Waals surface area (Å²) in [4.78, 5) is 30.6. The summed E-state index contributed by atoms with van der Waals surface area (Å²) in [6.07, 6.45) is 0. The average molecular weight is 364 g/mol. The minimum atomic E-state index is -1.01. The van der Waals surface area contributed by atoms with Crippen molar-refractivity contribution in [1.29, 1.82) is 0 Å². The molecule has 6 nitrogen and oxygen atoms in total. The monoisotopic (exact) mass is 363 g/mol. The van der Waals surface area contributed by atoms with Crippen LogP contribution in [0.1, 0.15) is 33.9 Å². The van der Waals surface area contributed by atoms with Crippen molar-refractivity contribution in [1.82, 2.24) is 9.97 Å². The minimum absolute atomic E-state index is 0.184. The van der Waals surface area contributed by atoms with Gasteiger partial charge in [-0.25, -0.2) is 9.78 Å². The van der Waals surface area contributed by atoms with E-state index in [1.165, 1.54) is 0 Å². The molecule has 0 saturated heterocycles. The molecule has 0 aliphatic carbocycles. The Kier molecular flexibility index (Phi) is 4.29. The first kappa shape index (κ1) is 16.5. The van der Waals surface area contributed by atoms with Crippen LogP contribution in [0.15, 0.2) is 29.1 Å². The number of carboxylic acids is 1. The van der Waals surface area contributed by atoms with Crippen LogP contribution in [0.3, 0.4) is 0 Å². The van der Waals surface area contributed by atoms with Crippen molar-refractivity contribution in [2.75, 3.05) is 5.32 Å². The maximum absolute atomic E-state index is 12.3. The largest absolute Gasteiger partial charge is 0.477 e. The fraction of sp³-hybridized carbons (Fsp3) is 0.188. The lowest BCUT2D eigenvalue weighted by molar-refractivity contribution is 0.0701. The summed E-state index contributed by atoms with van der Waals surface area (Å²) < 4.78 is 0. The van der Waals surface area contributed by atoms with E-state index in [0.717, 1.165) is 16.7 Å². The molecule has 0 radical (unpaired) electrons. The van der Waals surface area contributed by atoms with Crippen LogP contribution in [0.25, 0.3) is 10.9 Å². The number of thiazole rings is 1. The molecule has 3 aromatic rings. The van der Waals surface area contributed by atoms with E-state index in [1.807, 2.05) is 6.92 Å². The number of aromatic carboxylic acids is 1. The normalized spacial score (nSPS) is 12.3. The van der Waals surface area contributed by atoms with Crippen LogP contribution in [0.4, 0.5) is 5.13 Å². The number of anilines is 1. The molecule has 0 fully saturated rings. The highest BCUT2D eigenvalue weighted by Crippen LogP contribution is 2.26. The second kappa shape index (κ2) is 6.26. The Morgan fingerprint density at radius 1 is 1.42 bits per heavy atom. The molecule has 24 heavy (non-hydrogen) atoms. The number of H-pyrrole nitrogens is 1. The van der Waals surface area contributed by atoms with Crippen molar-refractivity contribution in [3.63, 3.8) is 0 Å². The van der Waals surface area contributed by atoms with E-state index in [2.05, 4.69) is 15.3 Å². The minimum Gasteiger partial charge on any atom is -0.477 e. The van der Waals surface area contributed by atoms with E-state index < -0.39 is 5.97 Å². The van der Waals surface area contributed by atoms with Gasteiger partial charge in [0.05, 0.1) is 11.7 Å². The van der Waals surface area contributed by atoms with Crippen molar-refractivity contribution in [2.45, 2.75) is 19.9 Å². The third kappa shape index (κ3) is 3.13. The Morgan fingerprint density at radius 2 is 2.17 bits per heavy atom. The first-order valence-electron chi connectivity index (χ1n) is 7.15. The van der Waals surface area contributed by atoms with Crippen LogP contribution < -0.4 is 10.9 Å². The molecule has 2 aromatic heterocycles. The Labute approximate surface area is 146 Å². The van der Waals surface area contributed by atoms with Crippen LogP contribution in [0, 0.1) is 6.92 Å². The Bertz CT molecular complexity index is 996. The van der Waals surface area contributed by atoms with Gasteiger partial charge in [-0.1, -0.05) is 22.9 Å². The first-order chi connectivity index (χ1) is 11.3. The Hall–Kier alpha value is -2.38. The third-order valence-electron chi connectivity index (χ3n) is 3.63. The number of fused-ring (bicyclic) bond motifs is 1. The molecule has 0 aliphatic rings. The van der Waals surface area contributed by atoms with E-state index in [0.29, 0.717) is 26.9 Å². The fourth-order valence-electron chi connectivity index (χ4n) is 2.44. The van der Waals surface area contributed by atoms with E-state index in [-0.39, 0.29) is 16.5 Å². The predicted molar refractivity (Wildman–Crippen MR) is 95.4 cm³/mol. The standard InChI is InChI=1S/C16H14ClN3O3S/c1-7(18-16-19-8(2)13(24-16)15(22)23)11-6-9-5-10(17)3-4-12(9)20-14(11)21/h3-7H,1-2H3,(H,18,19)(H,20,21)(H,22,23). The highest BCUT2D eigenvalue weighted by atomic mass is 35.5. The summed E-state index contributed by atoms with van der Waals surface area (Å²) in [6, 6.07) is 6.68. The number of hydrogen-bond acceptors (Lipinski definition) is 5. The molecule has 0 saturated carbocycles. The van der Waals surface area contributed by atoms with Crippen LogP contribution in [0.5, 0.6) is 0 Å². The molecule has 0 aliphatic heterocycles. The van der Waals surface area contributed by atoms with E-state index >= 15 is 0 Å². The fourth-order valence-corrected chi connectivity index (χ4v) is 3.51. The SMILES string of the molecule is Cc1nc(NC(C)c2cc3cc(Cl)ccc3[nH]c2=O)sc1C(=O)O.